The summed E-state index contributed by atoms with van der Waals surface area (Å²) in [6.45, 7) is 6.67. The third-order valence-corrected chi connectivity index (χ3v) is 13.6. The highest BCUT2D eigenvalue weighted by Gasteiger charge is 2.19. The van der Waals surface area contributed by atoms with Crippen LogP contribution in [-0.4, -0.2) is 37.2 Å². The maximum absolute atomic E-state index is 12.9. The molecule has 0 saturated carbocycles. The molecule has 0 aliphatic rings. The van der Waals surface area contributed by atoms with Gasteiger partial charge in [0.15, 0.2) is 6.10 Å². The minimum absolute atomic E-state index is 0.0693. The van der Waals surface area contributed by atoms with Crippen molar-refractivity contribution in [1.82, 2.24) is 0 Å². The van der Waals surface area contributed by atoms with Crippen LogP contribution in [0.2, 0.25) is 0 Å². The van der Waals surface area contributed by atoms with E-state index in [1.807, 2.05) is 0 Å². The van der Waals surface area contributed by atoms with E-state index >= 15 is 0 Å². The summed E-state index contributed by atoms with van der Waals surface area (Å²) < 4.78 is 16.9. The molecule has 0 bridgehead atoms. The first-order valence-electron chi connectivity index (χ1n) is 30.5. The summed E-state index contributed by atoms with van der Waals surface area (Å²) in [5, 5.41) is 0. The van der Waals surface area contributed by atoms with Gasteiger partial charge in [-0.1, -0.05) is 288 Å². The Balaban J connectivity index is 4.28. The van der Waals surface area contributed by atoms with Crippen molar-refractivity contribution in [2.75, 3.05) is 13.2 Å². The third-order valence-electron chi connectivity index (χ3n) is 13.6. The summed E-state index contributed by atoms with van der Waals surface area (Å²) in [7, 11) is 0. The maximum atomic E-state index is 12.9. The summed E-state index contributed by atoms with van der Waals surface area (Å²) in [5.41, 5.74) is 0. The zero-order chi connectivity index (χ0) is 50.0. The Kier molecular flexibility index (Phi) is 56.2. The Bertz CT molecular complexity index is 1160. The first kappa shape index (κ1) is 66.6. The van der Waals surface area contributed by atoms with Crippen LogP contribution in [0.15, 0.2) is 36.5 Å². The second-order valence-electron chi connectivity index (χ2n) is 20.6. The Morgan fingerprint density at radius 1 is 0.290 bits per heavy atom. The molecule has 0 aromatic heterocycles. The number of carbonyl (C=O) groups excluding carboxylic acids is 3. The summed E-state index contributed by atoms with van der Waals surface area (Å²) >= 11 is 0. The van der Waals surface area contributed by atoms with E-state index in [0.29, 0.717) is 19.3 Å². The van der Waals surface area contributed by atoms with Crippen LogP contribution in [0.3, 0.4) is 0 Å². The van der Waals surface area contributed by atoms with Crippen LogP contribution in [0.25, 0.3) is 0 Å². The van der Waals surface area contributed by atoms with Crippen molar-refractivity contribution >= 4 is 17.9 Å². The molecule has 404 valence electrons. The molecule has 0 heterocycles. The van der Waals surface area contributed by atoms with Crippen molar-refractivity contribution in [3.63, 3.8) is 0 Å². The number of unbranched alkanes of at least 4 members (excludes halogenated alkanes) is 39. The monoisotopic (exact) mass is 969 g/mol. The standard InChI is InChI=1S/C63H116O6/c1-4-7-10-13-16-19-22-25-27-29-30-31-32-33-34-35-37-38-41-44-47-50-53-56-62(65)68-59-60(58-67-61(64)55-52-49-46-43-40-24-21-18-15-12-9-6-3)69-63(66)57-54-51-48-45-42-39-36-28-26-23-20-17-14-11-8-5-2/h22,25,29-30,32-33,60H,4-21,23-24,26-28,31,34-59H2,1-3H3/b25-22-,30-29-,33-32-. The van der Waals surface area contributed by atoms with Crippen molar-refractivity contribution in [3.05, 3.63) is 36.5 Å². The van der Waals surface area contributed by atoms with E-state index < -0.39 is 6.10 Å². The molecule has 0 radical (unpaired) electrons. The van der Waals surface area contributed by atoms with E-state index in [0.717, 1.165) is 77.0 Å². The molecule has 0 saturated heterocycles. The Morgan fingerprint density at radius 2 is 0.522 bits per heavy atom. The van der Waals surface area contributed by atoms with Gasteiger partial charge in [0.2, 0.25) is 0 Å². The van der Waals surface area contributed by atoms with Crippen molar-refractivity contribution in [3.8, 4) is 0 Å². The lowest BCUT2D eigenvalue weighted by Crippen LogP contribution is -2.30. The lowest BCUT2D eigenvalue weighted by molar-refractivity contribution is -0.167. The highest BCUT2D eigenvalue weighted by molar-refractivity contribution is 5.71. The van der Waals surface area contributed by atoms with Crippen molar-refractivity contribution in [1.29, 1.82) is 0 Å². The molecule has 0 amide bonds. The van der Waals surface area contributed by atoms with Gasteiger partial charge in [0.25, 0.3) is 0 Å². The lowest BCUT2D eigenvalue weighted by atomic mass is 10.0. The van der Waals surface area contributed by atoms with E-state index in [4.69, 9.17) is 14.2 Å². The second kappa shape index (κ2) is 58.2. The fourth-order valence-corrected chi connectivity index (χ4v) is 9.04. The van der Waals surface area contributed by atoms with Gasteiger partial charge in [-0.3, -0.25) is 14.4 Å². The summed E-state index contributed by atoms with van der Waals surface area (Å²) in [6.07, 6.45) is 69.9. The molecule has 0 spiro atoms. The van der Waals surface area contributed by atoms with Crippen LogP contribution in [0.1, 0.15) is 329 Å². The Hall–Kier alpha value is -2.37. The van der Waals surface area contributed by atoms with Gasteiger partial charge in [-0.2, -0.15) is 0 Å². The van der Waals surface area contributed by atoms with Crippen LogP contribution in [-0.2, 0) is 28.6 Å². The minimum Gasteiger partial charge on any atom is -0.462 e. The van der Waals surface area contributed by atoms with Gasteiger partial charge in [-0.05, 0) is 57.8 Å². The smallest absolute Gasteiger partial charge is 0.306 e. The number of ether oxygens (including phenoxy) is 3. The average Bonchev–Trinajstić information content (AvgIpc) is 3.35. The summed E-state index contributed by atoms with van der Waals surface area (Å²) in [5.74, 6) is -0.856. The normalized spacial score (nSPS) is 12.2. The zero-order valence-electron chi connectivity index (χ0n) is 46.3. The van der Waals surface area contributed by atoms with Crippen molar-refractivity contribution < 1.29 is 28.6 Å². The largest absolute Gasteiger partial charge is 0.462 e. The second-order valence-corrected chi connectivity index (χ2v) is 20.6. The number of hydrogen-bond acceptors (Lipinski definition) is 6. The molecule has 6 nitrogen and oxygen atoms in total. The van der Waals surface area contributed by atoms with E-state index in [1.54, 1.807) is 0 Å². The molecule has 69 heavy (non-hydrogen) atoms. The van der Waals surface area contributed by atoms with Gasteiger partial charge in [0, 0.05) is 19.3 Å². The van der Waals surface area contributed by atoms with Gasteiger partial charge < -0.3 is 14.2 Å². The van der Waals surface area contributed by atoms with Crippen LogP contribution >= 0.6 is 0 Å². The van der Waals surface area contributed by atoms with Crippen molar-refractivity contribution in [2.24, 2.45) is 0 Å². The highest BCUT2D eigenvalue weighted by atomic mass is 16.6. The molecule has 0 N–H and O–H groups in total. The molecule has 0 aliphatic heterocycles. The van der Waals surface area contributed by atoms with E-state index in [-0.39, 0.29) is 31.1 Å². The summed E-state index contributed by atoms with van der Waals surface area (Å²) in [4.78, 5) is 38.2. The van der Waals surface area contributed by atoms with Crippen LogP contribution < -0.4 is 0 Å². The molecule has 0 aliphatic carbocycles. The number of esters is 3. The molecular formula is C63H116O6. The topological polar surface area (TPSA) is 78.9 Å². The number of carbonyl (C=O) groups is 3. The van der Waals surface area contributed by atoms with Gasteiger partial charge >= 0.3 is 17.9 Å². The molecule has 0 rings (SSSR count). The molecule has 0 aromatic rings. The SMILES string of the molecule is CCCCCCC/C=C\C/C=C\C/C=C\CCCCCCCCCCC(=O)OCC(COC(=O)CCCCCCCCCCCCCC)OC(=O)CCCCCCCCCCCCCCCCCC. The molecule has 1 unspecified atom stereocenters. The van der Waals surface area contributed by atoms with E-state index in [9.17, 15) is 14.4 Å². The lowest BCUT2D eigenvalue weighted by Gasteiger charge is -2.18. The average molecular weight is 970 g/mol. The molecule has 0 aromatic carbocycles. The molecule has 0 fully saturated rings. The Morgan fingerprint density at radius 3 is 0.812 bits per heavy atom. The predicted molar refractivity (Wildman–Crippen MR) is 298 cm³/mol. The van der Waals surface area contributed by atoms with E-state index in [2.05, 4.69) is 57.2 Å². The van der Waals surface area contributed by atoms with Crippen LogP contribution in [0.5, 0.6) is 0 Å². The highest BCUT2D eigenvalue weighted by Crippen LogP contribution is 2.17. The zero-order valence-corrected chi connectivity index (χ0v) is 46.3. The minimum atomic E-state index is -0.771. The quantitative estimate of drug-likeness (QED) is 0.0261. The third kappa shape index (κ3) is 56.4. The Labute approximate surface area is 429 Å². The first-order valence-corrected chi connectivity index (χ1v) is 30.5. The first-order chi connectivity index (χ1) is 34.0. The number of hydrogen-bond donors (Lipinski definition) is 0. The number of rotatable bonds is 56. The van der Waals surface area contributed by atoms with Gasteiger partial charge in [0.05, 0.1) is 0 Å². The molecular weight excluding hydrogens is 853 g/mol. The van der Waals surface area contributed by atoms with E-state index in [1.165, 1.54) is 212 Å². The fourth-order valence-electron chi connectivity index (χ4n) is 9.04. The van der Waals surface area contributed by atoms with Gasteiger partial charge in [0.1, 0.15) is 13.2 Å². The van der Waals surface area contributed by atoms with Crippen molar-refractivity contribution in [2.45, 2.75) is 335 Å². The van der Waals surface area contributed by atoms with Crippen LogP contribution in [0, 0.1) is 0 Å². The van der Waals surface area contributed by atoms with Gasteiger partial charge in [-0.15, -0.1) is 0 Å². The molecule has 6 heteroatoms. The fraction of sp³-hybridized carbons (Fsp3) is 0.857. The molecule has 1 atom stereocenters. The summed E-state index contributed by atoms with van der Waals surface area (Å²) in [6, 6.07) is 0. The number of allylic oxidation sites excluding steroid dienone is 6. The maximum Gasteiger partial charge on any atom is 0.306 e. The predicted octanol–water partition coefficient (Wildman–Crippen LogP) is 20.4. The van der Waals surface area contributed by atoms with Crippen LogP contribution in [0.4, 0.5) is 0 Å². The van der Waals surface area contributed by atoms with Gasteiger partial charge in [-0.25, -0.2) is 0 Å².